The van der Waals surface area contributed by atoms with Gasteiger partial charge in [-0.15, -0.1) is 0 Å². The molecular formula is C22H18ClNO3. The Labute approximate surface area is 163 Å². The number of hydrogen-bond acceptors (Lipinski definition) is 3. The molecule has 0 heterocycles. The van der Waals surface area contributed by atoms with E-state index in [1.807, 2.05) is 36.4 Å². The highest BCUT2D eigenvalue weighted by molar-refractivity contribution is 6.31. The molecule has 0 radical (unpaired) electrons. The third-order valence-electron chi connectivity index (χ3n) is 4.08. The van der Waals surface area contributed by atoms with E-state index in [-0.39, 0.29) is 12.4 Å². The van der Waals surface area contributed by atoms with Crippen LogP contribution in [0.5, 0.6) is 0 Å². The predicted octanol–water partition coefficient (Wildman–Crippen LogP) is 5.34. The average molecular weight is 380 g/mol. The van der Waals surface area contributed by atoms with Crippen LogP contribution in [0.2, 0.25) is 5.02 Å². The zero-order valence-electron chi connectivity index (χ0n) is 14.8. The number of carbonyl (C=O) groups is 2. The van der Waals surface area contributed by atoms with Gasteiger partial charge in [0.25, 0.3) is 0 Å². The van der Waals surface area contributed by atoms with Gasteiger partial charge in [-0.1, -0.05) is 72.3 Å². The molecule has 0 N–H and O–H groups in total. The third kappa shape index (κ3) is 4.54. The molecule has 5 heteroatoms. The summed E-state index contributed by atoms with van der Waals surface area (Å²) >= 11 is 6.09. The molecule has 0 saturated carbocycles. The van der Waals surface area contributed by atoms with Crippen LogP contribution in [0.15, 0.2) is 78.9 Å². The van der Waals surface area contributed by atoms with E-state index < -0.39 is 6.09 Å². The molecule has 0 spiro atoms. The van der Waals surface area contributed by atoms with Gasteiger partial charge in [0.15, 0.2) is 5.78 Å². The van der Waals surface area contributed by atoms with Crippen molar-refractivity contribution in [3.05, 3.63) is 101 Å². The van der Waals surface area contributed by atoms with Gasteiger partial charge < -0.3 is 4.74 Å². The molecule has 0 unspecified atom stereocenters. The zero-order valence-corrected chi connectivity index (χ0v) is 15.5. The normalized spacial score (nSPS) is 10.3. The van der Waals surface area contributed by atoms with Gasteiger partial charge >= 0.3 is 6.09 Å². The summed E-state index contributed by atoms with van der Waals surface area (Å²) in [6, 6.07) is 23.1. The van der Waals surface area contributed by atoms with Crippen LogP contribution in [0, 0.1) is 0 Å². The lowest BCUT2D eigenvalue weighted by atomic mass is 10.0. The highest BCUT2D eigenvalue weighted by Crippen LogP contribution is 2.27. The molecule has 3 aromatic carbocycles. The molecule has 0 aliphatic rings. The van der Waals surface area contributed by atoms with Crippen LogP contribution in [-0.4, -0.2) is 18.9 Å². The number of anilines is 1. The molecule has 1 amide bonds. The molecule has 0 aliphatic carbocycles. The maximum absolute atomic E-state index is 12.9. The summed E-state index contributed by atoms with van der Waals surface area (Å²) < 4.78 is 5.36. The summed E-state index contributed by atoms with van der Waals surface area (Å²) in [6.45, 7) is 0.152. The predicted molar refractivity (Wildman–Crippen MR) is 106 cm³/mol. The molecule has 4 nitrogen and oxygen atoms in total. The summed E-state index contributed by atoms with van der Waals surface area (Å²) in [5, 5.41) is 0.420. The van der Waals surface area contributed by atoms with Crippen molar-refractivity contribution in [2.45, 2.75) is 6.61 Å². The molecule has 136 valence electrons. The molecule has 0 bridgehead atoms. The molecule has 27 heavy (non-hydrogen) atoms. The van der Waals surface area contributed by atoms with E-state index in [1.54, 1.807) is 49.5 Å². The summed E-state index contributed by atoms with van der Waals surface area (Å²) in [6.07, 6.45) is -0.553. The fraction of sp³-hybridized carbons (Fsp3) is 0.0909. The Morgan fingerprint density at radius 3 is 2.22 bits per heavy atom. The lowest BCUT2D eigenvalue weighted by molar-refractivity contribution is 0.103. The molecule has 3 aromatic rings. The van der Waals surface area contributed by atoms with Gasteiger partial charge in [-0.25, -0.2) is 4.79 Å². The van der Waals surface area contributed by atoms with E-state index in [9.17, 15) is 9.59 Å². The maximum atomic E-state index is 12.9. The van der Waals surface area contributed by atoms with Gasteiger partial charge in [0.05, 0.1) is 5.69 Å². The molecule has 0 fully saturated rings. The number of nitrogens with zero attached hydrogens (tertiary/aromatic N) is 1. The summed E-state index contributed by atoms with van der Waals surface area (Å²) in [4.78, 5) is 26.7. The SMILES string of the molecule is CN(C(=O)OCc1ccccc1)c1ccc(Cl)cc1C(=O)c1ccccc1. The molecule has 0 aromatic heterocycles. The van der Waals surface area contributed by atoms with Gasteiger partial charge in [0.2, 0.25) is 0 Å². The Balaban J connectivity index is 1.83. The number of halogens is 1. The minimum absolute atomic E-state index is 0.152. The third-order valence-corrected chi connectivity index (χ3v) is 4.31. The van der Waals surface area contributed by atoms with Crippen molar-refractivity contribution in [3.63, 3.8) is 0 Å². The van der Waals surface area contributed by atoms with E-state index >= 15 is 0 Å². The number of ether oxygens (including phenoxy) is 1. The lowest BCUT2D eigenvalue weighted by Gasteiger charge is -2.20. The average Bonchev–Trinajstić information content (AvgIpc) is 2.72. The van der Waals surface area contributed by atoms with Gasteiger partial charge in [0, 0.05) is 23.2 Å². The Morgan fingerprint density at radius 2 is 1.56 bits per heavy atom. The molecule has 0 saturated heterocycles. The van der Waals surface area contributed by atoms with E-state index in [0.29, 0.717) is 21.8 Å². The minimum atomic E-state index is -0.553. The van der Waals surface area contributed by atoms with Crippen LogP contribution in [0.1, 0.15) is 21.5 Å². The maximum Gasteiger partial charge on any atom is 0.414 e. The van der Waals surface area contributed by atoms with E-state index in [4.69, 9.17) is 16.3 Å². The van der Waals surface area contributed by atoms with Crippen molar-refractivity contribution >= 4 is 29.2 Å². The number of benzene rings is 3. The van der Waals surface area contributed by atoms with Crippen molar-refractivity contribution in [1.82, 2.24) is 0 Å². The van der Waals surface area contributed by atoms with Gasteiger partial charge in [-0.2, -0.15) is 0 Å². The zero-order chi connectivity index (χ0) is 19.2. The Hall–Kier alpha value is -3.11. The van der Waals surface area contributed by atoms with Crippen molar-refractivity contribution in [3.8, 4) is 0 Å². The van der Waals surface area contributed by atoms with Crippen molar-refractivity contribution < 1.29 is 14.3 Å². The largest absolute Gasteiger partial charge is 0.444 e. The first-order valence-electron chi connectivity index (χ1n) is 8.40. The van der Waals surface area contributed by atoms with Crippen LogP contribution in [0.25, 0.3) is 0 Å². The van der Waals surface area contributed by atoms with Crippen LogP contribution < -0.4 is 4.90 Å². The fourth-order valence-corrected chi connectivity index (χ4v) is 2.81. The van der Waals surface area contributed by atoms with Crippen LogP contribution in [-0.2, 0) is 11.3 Å². The number of ketones is 1. The second kappa shape index (κ2) is 8.52. The second-order valence-electron chi connectivity index (χ2n) is 5.96. The van der Waals surface area contributed by atoms with Crippen molar-refractivity contribution in [2.75, 3.05) is 11.9 Å². The monoisotopic (exact) mass is 379 g/mol. The second-order valence-corrected chi connectivity index (χ2v) is 6.39. The van der Waals surface area contributed by atoms with Crippen molar-refractivity contribution in [1.29, 1.82) is 0 Å². The first-order valence-corrected chi connectivity index (χ1v) is 8.78. The highest BCUT2D eigenvalue weighted by atomic mass is 35.5. The van der Waals surface area contributed by atoms with Gasteiger partial charge in [-0.05, 0) is 23.8 Å². The van der Waals surface area contributed by atoms with Crippen LogP contribution >= 0.6 is 11.6 Å². The molecule has 0 aliphatic heterocycles. The minimum Gasteiger partial charge on any atom is -0.444 e. The molecule has 3 rings (SSSR count). The molecular weight excluding hydrogens is 362 g/mol. The first kappa shape index (κ1) is 18.7. The number of rotatable bonds is 5. The molecule has 0 atom stereocenters. The number of amides is 1. The quantitative estimate of drug-likeness (QED) is 0.562. The Morgan fingerprint density at radius 1 is 0.926 bits per heavy atom. The standard InChI is InChI=1S/C22H18ClNO3/c1-24(22(26)27-15-16-8-4-2-5-9-16)20-13-12-18(23)14-19(20)21(25)17-10-6-3-7-11-17/h2-14H,15H2,1H3. The summed E-state index contributed by atoms with van der Waals surface area (Å²) in [5.41, 5.74) is 2.18. The van der Waals surface area contributed by atoms with Gasteiger partial charge in [-0.3, -0.25) is 9.69 Å². The number of hydrogen-bond donors (Lipinski definition) is 0. The smallest absolute Gasteiger partial charge is 0.414 e. The summed E-state index contributed by atoms with van der Waals surface area (Å²) in [5.74, 6) is -0.212. The van der Waals surface area contributed by atoms with Crippen molar-refractivity contribution in [2.24, 2.45) is 0 Å². The van der Waals surface area contributed by atoms with Gasteiger partial charge in [0.1, 0.15) is 6.61 Å². The first-order chi connectivity index (χ1) is 13.1. The van der Waals surface area contributed by atoms with E-state index in [2.05, 4.69) is 0 Å². The lowest BCUT2D eigenvalue weighted by Crippen LogP contribution is -2.28. The van der Waals surface area contributed by atoms with Crippen LogP contribution in [0.3, 0.4) is 0 Å². The van der Waals surface area contributed by atoms with E-state index in [1.165, 1.54) is 4.90 Å². The summed E-state index contributed by atoms with van der Waals surface area (Å²) in [7, 11) is 1.57. The fourth-order valence-electron chi connectivity index (χ4n) is 2.64. The van der Waals surface area contributed by atoms with E-state index in [0.717, 1.165) is 5.56 Å². The van der Waals surface area contributed by atoms with Crippen LogP contribution in [0.4, 0.5) is 10.5 Å². The number of carbonyl (C=O) groups excluding carboxylic acids is 2. The Kier molecular flexibility index (Phi) is 5.89. The Bertz CT molecular complexity index is 942. The highest BCUT2D eigenvalue weighted by Gasteiger charge is 2.21. The topological polar surface area (TPSA) is 46.6 Å².